The van der Waals surface area contributed by atoms with Crippen molar-refractivity contribution in [3.05, 3.63) is 46.5 Å². The average Bonchev–Trinajstić information content (AvgIpc) is 3.15. The molecular formula is C23H27N7O4. The van der Waals surface area contributed by atoms with E-state index in [-0.39, 0.29) is 29.7 Å². The van der Waals surface area contributed by atoms with E-state index in [0.717, 1.165) is 12.8 Å². The molecule has 11 nitrogen and oxygen atoms in total. The van der Waals surface area contributed by atoms with E-state index < -0.39 is 0 Å². The van der Waals surface area contributed by atoms with E-state index in [1.54, 1.807) is 35.4 Å². The summed E-state index contributed by atoms with van der Waals surface area (Å²) in [4.78, 5) is 30.8. The first-order valence-electron chi connectivity index (χ1n) is 11.5. The van der Waals surface area contributed by atoms with E-state index >= 15 is 0 Å². The molecule has 3 fully saturated rings. The van der Waals surface area contributed by atoms with Gasteiger partial charge in [0.2, 0.25) is 0 Å². The summed E-state index contributed by atoms with van der Waals surface area (Å²) in [5.74, 6) is 1.66. The molecule has 0 radical (unpaired) electrons. The second-order valence-corrected chi connectivity index (χ2v) is 9.12. The number of pyridine rings is 1. The van der Waals surface area contributed by atoms with Gasteiger partial charge in [0.05, 0.1) is 31.6 Å². The Morgan fingerprint density at radius 2 is 2.09 bits per heavy atom. The maximum atomic E-state index is 13.2. The second-order valence-electron chi connectivity index (χ2n) is 9.12. The molecule has 2 aliphatic carbocycles. The normalized spacial score (nSPS) is 27.2. The zero-order valence-corrected chi connectivity index (χ0v) is 19.0. The van der Waals surface area contributed by atoms with Crippen LogP contribution in [0.3, 0.4) is 0 Å². The highest BCUT2D eigenvalue weighted by atomic mass is 16.5. The maximum Gasteiger partial charge on any atom is 0.274 e. The second kappa shape index (κ2) is 8.10. The monoisotopic (exact) mass is 465 g/mol. The van der Waals surface area contributed by atoms with Crippen molar-refractivity contribution in [3.63, 3.8) is 0 Å². The Morgan fingerprint density at radius 1 is 1.26 bits per heavy atom. The number of fused-ring (bicyclic) bond motifs is 2. The maximum absolute atomic E-state index is 13.2. The number of hydrogen-bond donors (Lipinski definition) is 3. The van der Waals surface area contributed by atoms with Crippen LogP contribution in [0.15, 0.2) is 35.4 Å². The lowest BCUT2D eigenvalue weighted by molar-refractivity contribution is 0.00732. The van der Waals surface area contributed by atoms with Gasteiger partial charge in [0.1, 0.15) is 22.9 Å². The fourth-order valence-electron chi connectivity index (χ4n) is 5.13. The number of nitrogens with zero attached hydrogens (tertiary/aromatic N) is 4. The number of amides is 1. The lowest BCUT2D eigenvalue weighted by Gasteiger charge is -2.35. The van der Waals surface area contributed by atoms with E-state index in [2.05, 4.69) is 26.0 Å². The van der Waals surface area contributed by atoms with Crippen molar-refractivity contribution >= 4 is 28.9 Å². The fraction of sp³-hybridized carbons (Fsp3) is 0.478. The van der Waals surface area contributed by atoms with Crippen molar-refractivity contribution in [1.29, 1.82) is 0 Å². The predicted octanol–water partition coefficient (Wildman–Crippen LogP) is 1.40. The average molecular weight is 466 g/mol. The van der Waals surface area contributed by atoms with E-state index in [1.807, 2.05) is 12.3 Å². The van der Waals surface area contributed by atoms with Gasteiger partial charge in [0.15, 0.2) is 5.65 Å². The minimum Gasteiger partial charge on any atom is -0.381 e. The largest absolute Gasteiger partial charge is 0.381 e. The number of rotatable bonds is 7. The first kappa shape index (κ1) is 21.1. The van der Waals surface area contributed by atoms with Gasteiger partial charge < -0.3 is 30.0 Å². The Kier molecular flexibility index (Phi) is 5.03. The highest BCUT2D eigenvalue weighted by molar-refractivity contribution is 6.00. The van der Waals surface area contributed by atoms with Crippen LogP contribution < -0.4 is 21.5 Å². The van der Waals surface area contributed by atoms with Crippen LogP contribution >= 0.6 is 0 Å². The first-order valence-corrected chi connectivity index (χ1v) is 11.5. The first-order chi connectivity index (χ1) is 16.6. The number of nitrogens with one attached hydrogen (secondary N) is 3. The summed E-state index contributed by atoms with van der Waals surface area (Å²) in [6.07, 6.45) is 5.17. The van der Waals surface area contributed by atoms with Gasteiger partial charge in [-0.15, -0.1) is 0 Å². The van der Waals surface area contributed by atoms with Crippen molar-refractivity contribution in [2.24, 2.45) is 11.8 Å². The van der Waals surface area contributed by atoms with Crippen LogP contribution in [-0.4, -0.2) is 64.6 Å². The predicted molar refractivity (Wildman–Crippen MR) is 125 cm³/mol. The molecule has 0 spiro atoms. The summed E-state index contributed by atoms with van der Waals surface area (Å²) in [5.41, 5.74) is 1.08. The number of methoxy groups -OCH3 is 1. The molecule has 178 valence electrons. The molecule has 5 atom stereocenters. The summed E-state index contributed by atoms with van der Waals surface area (Å²) in [7, 11) is 3.42. The Bertz CT molecular complexity index is 1310. The van der Waals surface area contributed by atoms with E-state index in [0.29, 0.717) is 53.6 Å². The molecule has 2 saturated carbocycles. The van der Waals surface area contributed by atoms with Gasteiger partial charge in [-0.3, -0.25) is 9.59 Å². The van der Waals surface area contributed by atoms with Crippen molar-refractivity contribution in [2.45, 2.75) is 31.0 Å². The summed E-state index contributed by atoms with van der Waals surface area (Å²) in [5, 5.41) is 13.6. The molecule has 1 unspecified atom stereocenters. The van der Waals surface area contributed by atoms with Crippen molar-refractivity contribution in [1.82, 2.24) is 24.5 Å². The highest BCUT2D eigenvalue weighted by Crippen LogP contribution is 2.53. The lowest BCUT2D eigenvalue weighted by Crippen LogP contribution is -2.51. The molecule has 3 N–H and O–H groups in total. The van der Waals surface area contributed by atoms with Crippen LogP contribution in [-0.2, 0) is 9.47 Å². The summed E-state index contributed by atoms with van der Waals surface area (Å²) >= 11 is 0. The molecule has 1 aliphatic heterocycles. The van der Waals surface area contributed by atoms with Crippen molar-refractivity contribution in [2.75, 3.05) is 38.0 Å². The molecule has 11 heteroatoms. The standard InChI is InChI=1S/C23H27N7O4/c1-24-19-8-18(26-16-4-3-7-29(23(16)32)20-13-10-34-11-14(13)20)28-21-12(9-25-30(19)21)22(31)27-15-5-6-17(15)33-2/h3-4,7-9,13-15,17,20,24H,5-6,10-11H2,1-2H3,(H,26,28)(H,27,31)/t13-,14+,15-,17-,20?/m1/s1. The fourth-order valence-corrected chi connectivity index (χ4v) is 5.13. The minimum atomic E-state index is -0.252. The summed E-state index contributed by atoms with van der Waals surface area (Å²) in [6, 6.07) is 5.53. The topological polar surface area (TPSA) is 124 Å². The molecule has 3 aliphatic rings. The van der Waals surface area contributed by atoms with Gasteiger partial charge in [-0.25, -0.2) is 4.98 Å². The Balaban J connectivity index is 1.30. The minimum absolute atomic E-state index is 0.0207. The van der Waals surface area contributed by atoms with Gasteiger partial charge in [0, 0.05) is 44.3 Å². The van der Waals surface area contributed by atoms with Crippen LogP contribution in [0.4, 0.5) is 17.3 Å². The van der Waals surface area contributed by atoms with Gasteiger partial charge in [-0.05, 0) is 25.0 Å². The van der Waals surface area contributed by atoms with Crippen LogP contribution in [0.5, 0.6) is 0 Å². The van der Waals surface area contributed by atoms with Crippen LogP contribution in [0.2, 0.25) is 0 Å². The van der Waals surface area contributed by atoms with E-state index in [4.69, 9.17) is 9.47 Å². The lowest BCUT2D eigenvalue weighted by atomic mass is 9.89. The number of hydrogen-bond acceptors (Lipinski definition) is 8. The van der Waals surface area contributed by atoms with Gasteiger partial charge >= 0.3 is 0 Å². The number of aromatic nitrogens is 4. The van der Waals surface area contributed by atoms with E-state index in [1.165, 1.54) is 6.20 Å². The SMILES string of the molecule is CNc1cc(Nc2cccn(C3[C@H]4COC[C@@H]34)c2=O)nc2c(C(=O)N[C@@H]3CC[C@H]3OC)cnn12. The molecule has 6 rings (SSSR count). The third-order valence-electron chi connectivity index (χ3n) is 7.27. The molecule has 3 aromatic rings. The summed E-state index contributed by atoms with van der Waals surface area (Å²) < 4.78 is 14.2. The number of ether oxygens (including phenoxy) is 2. The quantitative estimate of drug-likeness (QED) is 0.478. The Morgan fingerprint density at radius 3 is 2.79 bits per heavy atom. The Labute approximate surface area is 195 Å². The zero-order chi connectivity index (χ0) is 23.4. The third kappa shape index (κ3) is 3.34. The third-order valence-corrected chi connectivity index (χ3v) is 7.27. The van der Waals surface area contributed by atoms with Crippen LogP contribution in [0.25, 0.3) is 5.65 Å². The van der Waals surface area contributed by atoms with Gasteiger partial charge in [0.25, 0.3) is 11.5 Å². The molecule has 34 heavy (non-hydrogen) atoms. The molecule has 1 amide bonds. The molecule has 3 aromatic heterocycles. The van der Waals surface area contributed by atoms with Crippen molar-refractivity contribution in [3.8, 4) is 0 Å². The molecule has 4 heterocycles. The van der Waals surface area contributed by atoms with Crippen molar-refractivity contribution < 1.29 is 14.3 Å². The molecule has 0 bridgehead atoms. The number of anilines is 3. The molecule has 1 saturated heterocycles. The number of carbonyl (C=O) groups is 1. The number of carbonyl (C=O) groups excluding carboxylic acids is 1. The smallest absolute Gasteiger partial charge is 0.274 e. The van der Waals surface area contributed by atoms with Gasteiger partial charge in [-0.2, -0.15) is 9.61 Å². The van der Waals surface area contributed by atoms with Crippen LogP contribution in [0, 0.1) is 11.8 Å². The summed E-state index contributed by atoms with van der Waals surface area (Å²) in [6.45, 7) is 1.42. The molecular weight excluding hydrogens is 438 g/mol. The highest BCUT2D eigenvalue weighted by Gasteiger charge is 2.55. The van der Waals surface area contributed by atoms with Gasteiger partial charge in [-0.1, -0.05) is 0 Å². The Hall–Kier alpha value is -3.44. The van der Waals surface area contributed by atoms with Crippen LogP contribution in [0.1, 0.15) is 29.2 Å². The van der Waals surface area contributed by atoms with E-state index in [9.17, 15) is 9.59 Å². The zero-order valence-electron chi connectivity index (χ0n) is 19.0. The molecule has 0 aromatic carbocycles.